The van der Waals surface area contributed by atoms with Crippen molar-refractivity contribution in [2.45, 2.75) is 12.5 Å². The van der Waals surface area contributed by atoms with Crippen LogP contribution in [0.4, 0.5) is 4.39 Å². The number of fused-ring (bicyclic) bond motifs is 1. The number of hydrogen-bond acceptors (Lipinski definition) is 3. The van der Waals surface area contributed by atoms with Crippen LogP contribution >= 0.6 is 0 Å². The van der Waals surface area contributed by atoms with Gasteiger partial charge in [-0.25, -0.2) is 4.39 Å². The number of amides is 1. The van der Waals surface area contributed by atoms with Crippen molar-refractivity contribution in [2.75, 3.05) is 20.8 Å². The van der Waals surface area contributed by atoms with Crippen LogP contribution in [-0.4, -0.2) is 31.6 Å². The zero-order valence-electron chi connectivity index (χ0n) is 16.4. The average Bonchev–Trinajstić information content (AvgIpc) is 2.77. The molecule has 3 aromatic carbocycles. The zero-order chi connectivity index (χ0) is 20.4. The molecule has 0 aliphatic carbocycles. The molecule has 29 heavy (non-hydrogen) atoms. The van der Waals surface area contributed by atoms with Crippen LogP contribution in [0.15, 0.2) is 66.7 Å². The van der Waals surface area contributed by atoms with E-state index < -0.39 is 5.82 Å². The highest BCUT2D eigenvalue weighted by Gasteiger charge is 2.33. The summed E-state index contributed by atoms with van der Waals surface area (Å²) in [6.07, 6.45) is 0.681. The second kappa shape index (κ2) is 7.95. The van der Waals surface area contributed by atoms with Crippen molar-refractivity contribution in [3.63, 3.8) is 0 Å². The second-order valence-corrected chi connectivity index (χ2v) is 6.98. The van der Waals surface area contributed by atoms with Crippen molar-refractivity contribution in [2.24, 2.45) is 0 Å². The van der Waals surface area contributed by atoms with E-state index in [1.54, 1.807) is 31.3 Å². The summed E-state index contributed by atoms with van der Waals surface area (Å²) >= 11 is 0. The van der Waals surface area contributed by atoms with E-state index in [1.165, 1.54) is 12.1 Å². The summed E-state index contributed by atoms with van der Waals surface area (Å²) < 4.78 is 24.7. The number of carbonyl (C=O) groups is 1. The molecule has 1 atom stereocenters. The summed E-state index contributed by atoms with van der Waals surface area (Å²) in [4.78, 5) is 15.1. The molecule has 4 rings (SSSR count). The molecule has 1 aliphatic rings. The lowest BCUT2D eigenvalue weighted by Crippen LogP contribution is -2.40. The Morgan fingerprint density at radius 1 is 0.966 bits per heavy atom. The van der Waals surface area contributed by atoms with Gasteiger partial charge in [0.25, 0.3) is 5.91 Å². The molecule has 0 bridgehead atoms. The van der Waals surface area contributed by atoms with Crippen molar-refractivity contribution in [1.82, 2.24) is 4.90 Å². The van der Waals surface area contributed by atoms with Gasteiger partial charge in [0.1, 0.15) is 5.82 Å². The first-order valence-corrected chi connectivity index (χ1v) is 9.48. The van der Waals surface area contributed by atoms with Gasteiger partial charge in [-0.15, -0.1) is 0 Å². The fourth-order valence-electron chi connectivity index (χ4n) is 3.95. The minimum Gasteiger partial charge on any atom is -0.493 e. The van der Waals surface area contributed by atoms with Crippen LogP contribution in [0.2, 0.25) is 0 Å². The predicted molar refractivity (Wildman–Crippen MR) is 109 cm³/mol. The Morgan fingerprint density at radius 3 is 2.38 bits per heavy atom. The molecule has 4 nitrogen and oxygen atoms in total. The zero-order valence-corrected chi connectivity index (χ0v) is 16.4. The van der Waals surface area contributed by atoms with E-state index in [-0.39, 0.29) is 11.9 Å². The van der Waals surface area contributed by atoms with Gasteiger partial charge in [0.05, 0.1) is 20.3 Å². The van der Waals surface area contributed by atoms with E-state index >= 15 is 0 Å². The third kappa shape index (κ3) is 3.56. The summed E-state index contributed by atoms with van der Waals surface area (Å²) in [5.41, 5.74) is 3.44. The van der Waals surface area contributed by atoms with Crippen molar-refractivity contribution in [1.29, 1.82) is 0 Å². The van der Waals surface area contributed by atoms with Gasteiger partial charge in [0, 0.05) is 12.1 Å². The van der Waals surface area contributed by atoms with Crippen molar-refractivity contribution in [3.8, 4) is 11.5 Å². The minimum absolute atomic E-state index is 0.196. The molecule has 0 aromatic heterocycles. The number of rotatable bonds is 4. The van der Waals surface area contributed by atoms with E-state index in [0.29, 0.717) is 30.0 Å². The van der Waals surface area contributed by atoms with Crippen LogP contribution in [0, 0.1) is 5.82 Å². The molecule has 148 valence electrons. The molecule has 1 aliphatic heterocycles. The number of benzene rings is 3. The molecule has 1 unspecified atom stereocenters. The van der Waals surface area contributed by atoms with Crippen molar-refractivity contribution < 1.29 is 18.7 Å². The summed E-state index contributed by atoms with van der Waals surface area (Å²) in [7, 11) is 3.21. The Balaban J connectivity index is 1.84. The van der Waals surface area contributed by atoms with E-state index in [9.17, 15) is 9.18 Å². The SMILES string of the molecule is COc1cc2c(cc1OC)C(c1ccccc1)N(C(=O)c1cccc(F)c1)CC2. The van der Waals surface area contributed by atoms with Gasteiger partial charge >= 0.3 is 0 Å². The maximum absolute atomic E-state index is 13.7. The number of ether oxygens (including phenoxy) is 2. The van der Waals surface area contributed by atoms with Crippen LogP contribution in [0.1, 0.15) is 33.1 Å². The van der Waals surface area contributed by atoms with Gasteiger partial charge < -0.3 is 14.4 Å². The first-order chi connectivity index (χ1) is 14.1. The number of nitrogens with zero attached hydrogens (tertiary/aromatic N) is 1. The summed E-state index contributed by atoms with van der Waals surface area (Å²) in [6.45, 7) is 0.525. The molecule has 0 fully saturated rings. The number of halogens is 1. The molecule has 5 heteroatoms. The largest absolute Gasteiger partial charge is 0.493 e. The fourth-order valence-corrected chi connectivity index (χ4v) is 3.95. The molecule has 0 spiro atoms. The number of methoxy groups -OCH3 is 2. The summed E-state index contributed by atoms with van der Waals surface area (Å²) in [6, 6.07) is 19.3. The third-order valence-electron chi connectivity index (χ3n) is 5.32. The van der Waals surface area contributed by atoms with Gasteiger partial charge in [0.2, 0.25) is 0 Å². The van der Waals surface area contributed by atoms with E-state index in [0.717, 1.165) is 16.7 Å². The number of hydrogen-bond donors (Lipinski definition) is 0. The fraction of sp³-hybridized carbons (Fsp3) is 0.208. The molecule has 1 heterocycles. The maximum Gasteiger partial charge on any atom is 0.254 e. The topological polar surface area (TPSA) is 38.8 Å². The van der Waals surface area contributed by atoms with Crippen molar-refractivity contribution >= 4 is 5.91 Å². The molecular formula is C24H22FNO3. The maximum atomic E-state index is 13.7. The van der Waals surface area contributed by atoms with Gasteiger partial charge in [-0.2, -0.15) is 0 Å². The van der Waals surface area contributed by atoms with E-state index in [4.69, 9.17) is 9.47 Å². The highest BCUT2D eigenvalue weighted by Crippen LogP contribution is 2.41. The Bertz CT molecular complexity index is 1040. The number of carbonyl (C=O) groups excluding carboxylic acids is 1. The van der Waals surface area contributed by atoms with E-state index in [1.807, 2.05) is 42.5 Å². The Morgan fingerprint density at radius 2 is 1.69 bits per heavy atom. The summed E-state index contributed by atoms with van der Waals surface area (Å²) in [5, 5.41) is 0. The second-order valence-electron chi connectivity index (χ2n) is 6.98. The smallest absolute Gasteiger partial charge is 0.254 e. The van der Waals surface area contributed by atoms with Crippen molar-refractivity contribution in [3.05, 3.63) is 94.8 Å². The normalized spacial score (nSPS) is 15.6. The first kappa shape index (κ1) is 19.0. The monoisotopic (exact) mass is 391 g/mol. The third-order valence-corrected chi connectivity index (χ3v) is 5.32. The molecule has 0 radical (unpaired) electrons. The molecule has 0 saturated carbocycles. The van der Waals surface area contributed by atoms with Gasteiger partial charge in [-0.05, 0) is 53.4 Å². The first-order valence-electron chi connectivity index (χ1n) is 9.48. The molecule has 0 saturated heterocycles. The van der Waals surface area contributed by atoms with Crippen LogP contribution in [0.3, 0.4) is 0 Å². The van der Waals surface area contributed by atoms with Crippen LogP contribution < -0.4 is 9.47 Å². The predicted octanol–water partition coefficient (Wildman–Crippen LogP) is 4.63. The molecule has 1 amide bonds. The lowest BCUT2D eigenvalue weighted by atomic mass is 9.87. The Kier molecular flexibility index (Phi) is 5.21. The minimum atomic E-state index is -0.420. The average molecular weight is 391 g/mol. The lowest BCUT2D eigenvalue weighted by Gasteiger charge is -2.38. The lowest BCUT2D eigenvalue weighted by molar-refractivity contribution is 0.0693. The quantitative estimate of drug-likeness (QED) is 0.651. The van der Waals surface area contributed by atoms with Gasteiger partial charge in [-0.1, -0.05) is 36.4 Å². The Hall–Kier alpha value is -3.34. The standard InChI is InChI=1S/C24H22FNO3/c1-28-21-14-17-11-12-26(24(27)18-9-6-10-19(25)13-18)23(16-7-4-3-5-8-16)20(17)15-22(21)29-2/h3-10,13-15,23H,11-12H2,1-2H3. The molecule has 0 N–H and O–H groups in total. The Labute approximate surface area is 169 Å². The van der Waals surface area contributed by atoms with Gasteiger partial charge in [0.15, 0.2) is 11.5 Å². The summed E-state index contributed by atoms with van der Waals surface area (Å²) in [5.74, 6) is 0.671. The molecule has 3 aromatic rings. The van der Waals surface area contributed by atoms with Crippen LogP contribution in [-0.2, 0) is 6.42 Å². The molecular weight excluding hydrogens is 369 g/mol. The van der Waals surface area contributed by atoms with Crippen LogP contribution in [0.25, 0.3) is 0 Å². The van der Waals surface area contributed by atoms with E-state index in [2.05, 4.69) is 0 Å². The van der Waals surface area contributed by atoms with Gasteiger partial charge in [-0.3, -0.25) is 4.79 Å². The highest BCUT2D eigenvalue weighted by atomic mass is 19.1. The highest BCUT2D eigenvalue weighted by molar-refractivity contribution is 5.95. The van der Waals surface area contributed by atoms with Crippen LogP contribution in [0.5, 0.6) is 11.5 Å².